The summed E-state index contributed by atoms with van der Waals surface area (Å²) in [5.74, 6) is -1.47. The SMILES string of the molecule is COc1cccc([Si]CCCCC(CC(=O)O)C(=O)O)c1OC. The molecular weight excluding hydrogens is 316 g/mol. The second-order valence-corrected chi connectivity index (χ2v) is 6.49. The van der Waals surface area contributed by atoms with Crippen molar-refractivity contribution in [3.63, 3.8) is 0 Å². The lowest BCUT2D eigenvalue weighted by Crippen LogP contribution is -2.19. The zero-order valence-corrected chi connectivity index (χ0v) is 14.4. The Hall–Kier alpha value is -2.02. The van der Waals surface area contributed by atoms with E-state index in [9.17, 15) is 9.59 Å². The molecule has 1 atom stereocenters. The van der Waals surface area contributed by atoms with Gasteiger partial charge in [-0.1, -0.05) is 31.0 Å². The number of rotatable bonds is 11. The van der Waals surface area contributed by atoms with Crippen molar-refractivity contribution in [2.75, 3.05) is 14.2 Å². The van der Waals surface area contributed by atoms with Gasteiger partial charge in [0, 0.05) is 0 Å². The Kier molecular flexibility index (Phi) is 8.18. The molecule has 1 unspecified atom stereocenters. The van der Waals surface area contributed by atoms with Gasteiger partial charge >= 0.3 is 11.9 Å². The number of ether oxygens (including phenoxy) is 2. The van der Waals surface area contributed by atoms with Gasteiger partial charge in [0.05, 0.1) is 36.1 Å². The van der Waals surface area contributed by atoms with Crippen LogP contribution < -0.4 is 14.7 Å². The van der Waals surface area contributed by atoms with Crippen LogP contribution in [0.2, 0.25) is 6.04 Å². The zero-order chi connectivity index (χ0) is 17.2. The summed E-state index contributed by atoms with van der Waals surface area (Å²) in [7, 11) is 3.74. The Morgan fingerprint density at radius 1 is 1.17 bits per heavy atom. The molecule has 0 heterocycles. The average molecular weight is 338 g/mol. The molecule has 0 aliphatic rings. The summed E-state index contributed by atoms with van der Waals surface area (Å²) in [5.41, 5.74) is 0. The van der Waals surface area contributed by atoms with Crippen molar-refractivity contribution < 1.29 is 29.3 Å². The van der Waals surface area contributed by atoms with Gasteiger partial charge in [-0.05, 0) is 17.7 Å². The molecule has 1 aromatic carbocycles. The van der Waals surface area contributed by atoms with Crippen molar-refractivity contribution in [2.45, 2.75) is 31.7 Å². The van der Waals surface area contributed by atoms with Crippen LogP contribution in [0.1, 0.15) is 25.7 Å². The summed E-state index contributed by atoms with van der Waals surface area (Å²) in [5, 5.41) is 18.8. The predicted molar refractivity (Wildman–Crippen MR) is 87.0 cm³/mol. The van der Waals surface area contributed by atoms with E-state index in [1.807, 2.05) is 18.2 Å². The number of hydrogen-bond donors (Lipinski definition) is 2. The summed E-state index contributed by atoms with van der Waals surface area (Å²) >= 11 is 0. The topological polar surface area (TPSA) is 93.1 Å². The molecule has 0 fully saturated rings. The van der Waals surface area contributed by atoms with Crippen LogP contribution in [0, 0.1) is 5.92 Å². The first-order chi connectivity index (χ1) is 11.0. The molecule has 0 aliphatic carbocycles. The van der Waals surface area contributed by atoms with Crippen molar-refractivity contribution in [1.82, 2.24) is 0 Å². The van der Waals surface area contributed by atoms with E-state index < -0.39 is 17.9 Å². The third-order valence-corrected chi connectivity index (χ3v) is 4.85. The predicted octanol–water partition coefficient (Wildman–Crippen LogP) is 1.80. The molecule has 126 valence electrons. The minimum atomic E-state index is -1.07. The van der Waals surface area contributed by atoms with E-state index in [0.29, 0.717) is 28.1 Å². The maximum Gasteiger partial charge on any atom is 0.307 e. The highest BCUT2D eigenvalue weighted by molar-refractivity contribution is 6.54. The maximum atomic E-state index is 11.0. The fraction of sp³-hybridized carbons (Fsp3) is 0.500. The summed E-state index contributed by atoms with van der Waals surface area (Å²) in [6.45, 7) is 0. The van der Waals surface area contributed by atoms with Gasteiger partial charge in [-0.2, -0.15) is 0 Å². The Balaban J connectivity index is 2.43. The number of aliphatic carboxylic acids is 2. The number of methoxy groups -OCH3 is 2. The first-order valence-corrected chi connectivity index (χ1v) is 8.59. The number of benzene rings is 1. The van der Waals surface area contributed by atoms with E-state index in [1.165, 1.54) is 0 Å². The molecule has 0 saturated heterocycles. The Morgan fingerprint density at radius 2 is 1.91 bits per heavy atom. The fourth-order valence-corrected chi connectivity index (χ4v) is 3.58. The number of para-hydroxylation sites is 1. The van der Waals surface area contributed by atoms with Crippen LogP contribution >= 0.6 is 0 Å². The molecule has 0 aliphatic heterocycles. The van der Waals surface area contributed by atoms with Gasteiger partial charge < -0.3 is 19.7 Å². The van der Waals surface area contributed by atoms with Gasteiger partial charge in [0.1, 0.15) is 0 Å². The van der Waals surface area contributed by atoms with Crippen LogP contribution in [-0.4, -0.2) is 45.9 Å². The van der Waals surface area contributed by atoms with E-state index in [-0.39, 0.29) is 6.42 Å². The minimum Gasteiger partial charge on any atom is -0.493 e. The number of carbonyl (C=O) groups is 2. The second kappa shape index (κ2) is 9.89. The monoisotopic (exact) mass is 338 g/mol. The van der Waals surface area contributed by atoms with Gasteiger partial charge in [0.2, 0.25) is 0 Å². The molecular formula is C16H22O6Si. The van der Waals surface area contributed by atoms with Crippen LogP contribution in [0.3, 0.4) is 0 Å². The van der Waals surface area contributed by atoms with Gasteiger partial charge in [-0.25, -0.2) is 0 Å². The van der Waals surface area contributed by atoms with Crippen LogP contribution in [0.15, 0.2) is 18.2 Å². The third-order valence-electron chi connectivity index (χ3n) is 3.47. The van der Waals surface area contributed by atoms with Crippen molar-refractivity contribution in [1.29, 1.82) is 0 Å². The van der Waals surface area contributed by atoms with Gasteiger partial charge in [-0.15, -0.1) is 0 Å². The van der Waals surface area contributed by atoms with Gasteiger partial charge in [0.25, 0.3) is 0 Å². The molecule has 0 aromatic heterocycles. The number of unbranched alkanes of at least 4 members (excludes halogenated alkanes) is 1. The second-order valence-electron chi connectivity index (χ2n) is 5.10. The number of carboxylic acid groups (broad SMARTS) is 2. The van der Waals surface area contributed by atoms with Crippen molar-refractivity contribution in [3.05, 3.63) is 18.2 Å². The highest BCUT2D eigenvalue weighted by atomic mass is 28.2. The van der Waals surface area contributed by atoms with Gasteiger partial charge in [-0.3, -0.25) is 9.59 Å². The van der Waals surface area contributed by atoms with Crippen molar-refractivity contribution >= 4 is 26.6 Å². The fourth-order valence-electron chi connectivity index (χ4n) is 2.29. The van der Waals surface area contributed by atoms with E-state index in [1.54, 1.807) is 14.2 Å². The van der Waals surface area contributed by atoms with Crippen LogP contribution in [0.4, 0.5) is 0 Å². The van der Waals surface area contributed by atoms with E-state index in [4.69, 9.17) is 19.7 Å². The molecule has 2 N–H and O–H groups in total. The standard InChI is InChI=1S/C16H22O6Si/c1-21-12-7-5-8-13(15(12)22-2)23-9-4-3-6-11(16(19)20)10-14(17)18/h5,7-8,11H,3-4,6,9-10H2,1-2H3,(H,17,18)(H,19,20). The highest BCUT2D eigenvalue weighted by Crippen LogP contribution is 2.23. The summed E-state index contributed by atoms with van der Waals surface area (Å²) < 4.78 is 10.6. The molecule has 1 rings (SSSR count). The Morgan fingerprint density at radius 3 is 2.48 bits per heavy atom. The Bertz CT molecular complexity index is 531. The van der Waals surface area contributed by atoms with Crippen LogP contribution in [-0.2, 0) is 9.59 Å². The van der Waals surface area contributed by atoms with Gasteiger partial charge in [0.15, 0.2) is 11.5 Å². The van der Waals surface area contributed by atoms with Crippen molar-refractivity contribution in [3.8, 4) is 11.5 Å². The maximum absolute atomic E-state index is 11.0. The lowest BCUT2D eigenvalue weighted by Gasteiger charge is -2.12. The molecule has 0 amide bonds. The summed E-state index contributed by atoms with van der Waals surface area (Å²) in [4.78, 5) is 21.6. The normalized spacial score (nSPS) is 11.7. The highest BCUT2D eigenvalue weighted by Gasteiger charge is 2.20. The lowest BCUT2D eigenvalue weighted by molar-refractivity contribution is -0.148. The molecule has 1 aromatic rings. The summed E-state index contributed by atoms with van der Waals surface area (Å²) in [6.07, 6.45) is 1.62. The number of carboxylic acids is 2. The van der Waals surface area contributed by atoms with E-state index in [0.717, 1.165) is 23.4 Å². The van der Waals surface area contributed by atoms with E-state index in [2.05, 4.69) is 0 Å². The lowest BCUT2D eigenvalue weighted by atomic mass is 9.99. The quantitative estimate of drug-likeness (QED) is 0.472. The largest absolute Gasteiger partial charge is 0.493 e. The van der Waals surface area contributed by atoms with Crippen LogP contribution in [0.5, 0.6) is 11.5 Å². The molecule has 7 heteroatoms. The van der Waals surface area contributed by atoms with Crippen LogP contribution in [0.25, 0.3) is 0 Å². The van der Waals surface area contributed by atoms with E-state index >= 15 is 0 Å². The minimum absolute atomic E-state index is 0.318. The Labute approximate surface area is 138 Å². The molecule has 0 saturated carbocycles. The molecule has 0 spiro atoms. The van der Waals surface area contributed by atoms with Crippen molar-refractivity contribution in [2.24, 2.45) is 5.92 Å². The third kappa shape index (κ3) is 6.31. The molecule has 0 bridgehead atoms. The number of hydrogen-bond acceptors (Lipinski definition) is 4. The molecule has 6 nitrogen and oxygen atoms in total. The molecule has 2 radical (unpaired) electrons. The summed E-state index contributed by atoms with van der Waals surface area (Å²) in [6, 6.07) is 6.65. The smallest absolute Gasteiger partial charge is 0.307 e. The first-order valence-electron chi connectivity index (χ1n) is 7.39. The molecule has 23 heavy (non-hydrogen) atoms. The zero-order valence-electron chi connectivity index (χ0n) is 13.4. The first kappa shape index (κ1) is 19.0. The average Bonchev–Trinajstić information content (AvgIpc) is 2.52.